The first kappa shape index (κ1) is 20.5. The van der Waals surface area contributed by atoms with E-state index in [1.165, 1.54) is 19.3 Å². The Morgan fingerprint density at radius 3 is 1.75 bits per heavy atom. The predicted octanol–water partition coefficient (Wildman–Crippen LogP) is 3.00. The lowest BCUT2D eigenvalue weighted by molar-refractivity contribution is -0.155. The average Bonchev–Trinajstić information content (AvgIpc) is 2.70. The van der Waals surface area contributed by atoms with E-state index >= 15 is 0 Å². The molecule has 2 heterocycles. The highest BCUT2D eigenvalue weighted by Crippen LogP contribution is 2.32. The van der Waals surface area contributed by atoms with Crippen LogP contribution in [0.1, 0.15) is 43.2 Å². The fourth-order valence-corrected chi connectivity index (χ4v) is 4.36. The van der Waals surface area contributed by atoms with Crippen LogP contribution >= 0.6 is 0 Å². The first-order valence-corrected chi connectivity index (χ1v) is 9.89. The zero-order valence-corrected chi connectivity index (χ0v) is 16.2. The normalized spacial score (nSPS) is 24.8. The molecule has 0 aliphatic carbocycles. The zero-order valence-electron chi connectivity index (χ0n) is 16.2. The molecule has 0 radical (unpaired) electrons. The second-order valence-corrected chi connectivity index (χ2v) is 7.78. The van der Waals surface area contributed by atoms with E-state index in [2.05, 4.69) is 11.9 Å². The molecule has 2 fully saturated rings. The summed E-state index contributed by atoms with van der Waals surface area (Å²) in [7, 11) is 2.21. The van der Waals surface area contributed by atoms with Gasteiger partial charge >= 0.3 is 5.97 Å². The number of benzene rings is 2. The summed E-state index contributed by atoms with van der Waals surface area (Å²) in [5.41, 5.74) is -1.31. The van der Waals surface area contributed by atoms with Crippen molar-refractivity contribution in [1.82, 2.24) is 4.90 Å². The van der Waals surface area contributed by atoms with Gasteiger partial charge in [0.2, 0.25) is 5.60 Å². The summed E-state index contributed by atoms with van der Waals surface area (Å²) in [6.45, 7) is 0. The summed E-state index contributed by atoms with van der Waals surface area (Å²) in [5, 5.41) is 29.2. The van der Waals surface area contributed by atoms with Crippen LogP contribution in [0.25, 0.3) is 0 Å². The Balaban J connectivity index is 0.000000176. The molecule has 2 aromatic rings. The van der Waals surface area contributed by atoms with Crippen LogP contribution in [0.15, 0.2) is 60.7 Å². The quantitative estimate of drug-likeness (QED) is 0.759. The number of nitrogens with zero attached hydrogens (tertiary/aromatic N) is 1. The van der Waals surface area contributed by atoms with E-state index in [-0.39, 0.29) is 6.10 Å². The van der Waals surface area contributed by atoms with Crippen LogP contribution in [0.2, 0.25) is 0 Å². The Kier molecular flexibility index (Phi) is 6.50. The largest absolute Gasteiger partial charge is 0.479 e. The van der Waals surface area contributed by atoms with Crippen LogP contribution in [0.3, 0.4) is 0 Å². The molecule has 2 saturated heterocycles. The Bertz CT molecular complexity index is 711. The van der Waals surface area contributed by atoms with Crippen molar-refractivity contribution in [3.8, 4) is 0 Å². The highest BCUT2D eigenvalue weighted by Gasteiger charge is 2.39. The van der Waals surface area contributed by atoms with E-state index in [9.17, 15) is 20.1 Å². The lowest BCUT2D eigenvalue weighted by atomic mass is 9.84. The molecular weight excluding hydrogens is 354 g/mol. The van der Waals surface area contributed by atoms with E-state index in [0.29, 0.717) is 23.2 Å². The Morgan fingerprint density at radius 2 is 1.36 bits per heavy atom. The lowest BCUT2D eigenvalue weighted by Crippen LogP contribution is -2.51. The smallest absolute Gasteiger partial charge is 0.345 e. The standard InChI is InChI=1S/C14H12O3.C9H17NO/c15-13(16)14(17,11-7-3-1-4-8-11)12-9-5-2-6-10-12;1-10-7-3-2-4-8(10)6-9(11)5-7/h1-10,17H,(H,15,16);7-9,11H,2-6H2,1H3. The van der Waals surface area contributed by atoms with Crippen molar-refractivity contribution in [2.45, 2.75) is 55.9 Å². The van der Waals surface area contributed by atoms with Gasteiger partial charge in [-0.25, -0.2) is 4.79 Å². The minimum Gasteiger partial charge on any atom is -0.479 e. The Labute approximate surface area is 166 Å². The number of carboxylic acids is 1. The van der Waals surface area contributed by atoms with Crippen molar-refractivity contribution < 1.29 is 20.1 Å². The number of hydrogen-bond donors (Lipinski definition) is 3. The van der Waals surface area contributed by atoms with Gasteiger partial charge in [0.25, 0.3) is 0 Å². The number of aliphatic hydroxyl groups excluding tert-OH is 1. The maximum atomic E-state index is 11.4. The minimum absolute atomic E-state index is 0.0125. The summed E-state index contributed by atoms with van der Waals surface area (Å²) in [6.07, 6.45) is 5.96. The van der Waals surface area contributed by atoms with Crippen molar-refractivity contribution in [2.24, 2.45) is 0 Å². The van der Waals surface area contributed by atoms with Gasteiger partial charge in [-0.1, -0.05) is 67.1 Å². The molecule has 0 aromatic heterocycles. The van der Waals surface area contributed by atoms with Crippen LogP contribution in [-0.2, 0) is 10.4 Å². The second-order valence-electron chi connectivity index (χ2n) is 7.78. The van der Waals surface area contributed by atoms with Gasteiger partial charge in [-0.3, -0.25) is 0 Å². The predicted molar refractivity (Wildman–Crippen MR) is 108 cm³/mol. The number of aliphatic carboxylic acids is 1. The van der Waals surface area contributed by atoms with E-state index in [0.717, 1.165) is 12.8 Å². The van der Waals surface area contributed by atoms with Gasteiger partial charge in [-0.2, -0.15) is 0 Å². The van der Waals surface area contributed by atoms with Gasteiger partial charge in [-0.05, 0) is 43.9 Å². The molecule has 2 unspecified atom stereocenters. The third-order valence-corrected chi connectivity index (χ3v) is 6.01. The van der Waals surface area contributed by atoms with Gasteiger partial charge in [0.05, 0.1) is 6.10 Å². The maximum Gasteiger partial charge on any atom is 0.345 e. The van der Waals surface area contributed by atoms with Crippen LogP contribution in [-0.4, -0.2) is 51.4 Å². The van der Waals surface area contributed by atoms with E-state index < -0.39 is 11.6 Å². The summed E-state index contributed by atoms with van der Waals surface area (Å²) in [6, 6.07) is 18.1. The van der Waals surface area contributed by atoms with Crippen molar-refractivity contribution in [3.63, 3.8) is 0 Å². The van der Waals surface area contributed by atoms with Crippen molar-refractivity contribution in [1.29, 1.82) is 0 Å². The number of fused-ring (bicyclic) bond motifs is 2. The van der Waals surface area contributed by atoms with Gasteiger partial charge in [0.15, 0.2) is 0 Å². The van der Waals surface area contributed by atoms with Gasteiger partial charge in [0, 0.05) is 12.1 Å². The van der Waals surface area contributed by atoms with Crippen LogP contribution < -0.4 is 0 Å². The molecule has 28 heavy (non-hydrogen) atoms. The lowest BCUT2D eigenvalue weighted by Gasteiger charge is -2.45. The number of piperidine rings is 2. The Morgan fingerprint density at radius 1 is 0.929 bits per heavy atom. The molecular formula is C23H29NO4. The molecule has 0 spiro atoms. The molecule has 2 bridgehead atoms. The number of carbonyl (C=O) groups is 1. The molecule has 5 nitrogen and oxygen atoms in total. The number of carboxylic acid groups (broad SMARTS) is 1. The van der Waals surface area contributed by atoms with Gasteiger partial charge in [-0.15, -0.1) is 0 Å². The zero-order chi connectivity index (χ0) is 20.1. The van der Waals surface area contributed by atoms with Gasteiger partial charge < -0.3 is 20.2 Å². The molecule has 2 aliphatic rings. The minimum atomic E-state index is -2.00. The molecule has 2 aromatic carbocycles. The molecule has 2 atom stereocenters. The number of rotatable bonds is 3. The fraction of sp³-hybridized carbons (Fsp3) is 0.435. The molecule has 4 rings (SSSR count). The Hall–Kier alpha value is -2.21. The molecule has 3 N–H and O–H groups in total. The third kappa shape index (κ3) is 4.27. The van der Waals surface area contributed by atoms with Gasteiger partial charge in [0.1, 0.15) is 0 Å². The highest BCUT2D eigenvalue weighted by atomic mass is 16.4. The molecule has 150 valence electrons. The molecule has 0 saturated carbocycles. The third-order valence-electron chi connectivity index (χ3n) is 6.01. The van der Waals surface area contributed by atoms with Crippen LogP contribution in [0.5, 0.6) is 0 Å². The summed E-state index contributed by atoms with van der Waals surface area (Å²) in [4.78, 5) is 13.8. The monoisotopic (exact) mass is 383 g/mol. The first-order chi connectivity index (χ1) is 13.4. The van der Waals surface area contributed by atoms with Crippen molar-refractivity contribution in [3.05, 3.63) is 71.8 Å². The topological polar surface area (TPSA) is 81.0 Å². The van der Waals surface area contributed by atoms with E-state index in [1.807, 2.05) is 0 Å². The maximum absolute atomic E-state index is 11.4. The molecule has 5 heteroatoms. The SMILES string of the molecule is CN1C2CCCC1CC(O)C2.O=C(O)C(O)(c1ccccc1)c1ccccc1. The summed E-state index contributed by atoms with van der Waals surface area (Å²) < 4.78 is 0. The van der Waals surface area contributed by atoms with E-state index in [4.69, 9.17) is 0 Å². The summed E-state index contributed by atoms with van der Waals surface area (Å²) >= 11 is 0. The average molecular weight is 383 g/mol. The van der Waals surface area contributed by atoms with Crippen molar-refractivity contribution in [2.75, 3.05) is 7.05 Å². The first-order valence-electron chi connectivity index (χ1n) is 9.89. The number of aliphatic hydroxyl groups is 2. The summed E-state index contributed by atoms with van der Waals surface area (Å²) in [5.74, 6) is -1.28. The second kappa shape index (κ2) is 8.86. The molecule has 2 aliphatic heterocycles. The van der Waals surface area contributed by atoms with Crippen LogP contribution in [0.4, 0.5) is 0 Å². The van der Waals surface area contributed by atoms with E-state index in [1.54, 1.807) is 60.7 Å². The fourth-order valence-electron chi connectivity index (χ4n) is 4.36. The number of hydrogen-bond acceptors (Lipinski definition) is 4. The highest BCUT2D eigenvalue weighted by molar-refractivity contribution is 5.83. The van der Waals surface area contributed by atoms with Crippen LogP contribution in [0, 0.1) is 0 Å². The van der Waals surface area contributed by atoms with Crippen molar-refractivity contribution >= 4 is 5.97 Å². The molecule has 0 amide bonds.